The number of nitro groups is 1. The second-order valence-electron chi connectivity index (χ2n) is 4.64. The molecule has 0 aliphatic carbocycles. The minimum atomic E-state index is -0.834. The number of piperidine rings is 1. The van der Waals surface area contributed by atoms with Gasteiger partial charge in [-0.25, -0.2) is 0 Å². The van der Waals surface area contributed by atoms with Crippen LogP contribution < -0.4 is 10.6 Å². The highest BCUT2D eigenvalue weighted by molar-refractivity contribution is 5.61. The van der Waals surface area contributed by atoms with Crippen molar-refractivity contribution in [2.24, 2.45) is 0 Å². The van der Waals surface area contributed by atoms with Crippen LogP contribution in [0.1, 0.15) is 12.8 Å². The Morgan fingerprint density at radius 1 is 1.45 bits per heavy atom. The summed E-state index contributed by atoms with van der Waals surface area (Å²) in [6.45, 7) is 2.76. The van der Waals surface area contributed by atoms with E-state index in [2.05, 4.69) is 10.6 Å². The van der Waals surface area contributed by atoms with Gasteiger partial charge in [0, 0.05) is 6.54 Å². The van der Waals surface area contributed by atoms with Gasteiger partial charge in [0.2, 0.25) is 5.82 Å². The maximum absolute atomic E-state index is 13.4. The molecule has 0 bridgehead atoms. The fourth-order valence-corrected chi connectivity index (χ4v) is 2.22. The normalized spacial score (nSPS) is 16.1. The van der Waals surface area contributed by atoms with E-state index in [1.54, 1.807) is 0 Å². The number of para-hydroxylation sites is 1. The van der Waals surface area contributed by atoms with E-state index in [-0.39, 0.29) is 11.8 Å². The summed E-state index contributed by atoms with van der Waals surface area (Å²) in [6.07, 6.45) is 2.18. The van der Waals surface area contributed by atoms with Crippen LogP contribution in [0.3, 0.4) is 0 Å². The highest BCUT2D eigenvalue weighted by Crippen LogP contribution is 2.26. The minimum Gasteiger partial charge on any atom is -0.377 e. The third kappa shape index (κ3) is 3.88. The molecule has 1 aliphatic heterocycles. The van der Waals surface area contributed by atoms with Crippen molar-refractivity contribution in [3.63, 3.8) is 0 Å². The minimum absolute atomic E-state index is 0.184. The molecule has 0 spiro atoms. The van der Waals surface area contributed by atoms with Gasteiger partial charge in [0.15, 0.2) is 0 Å². The van der Waals surface area contributed by atoms with E-state index < -0.39 is 16.4 Å². The summed E-state index contributed by atoms with van der Waals surface area (Å²) in [4.78, 5) is 10.1. The summed E-state index contributed by atoms with van der Waals surface area (Å²) in [5, 5.41) is 16.9. The molecule has 2 N–H and O–H groups in total. The zero-order valence-electron chi connectivity index (χ0n) is 11.1. The van der Waals surface area contributed by atoms with Crippen LogP contribution in [-0.4, -0.2) is 37.3 Å². The van der Waals surface area contributed by atoms with Gasteiger partial charge in [0.05, 0.1) is 17.6 Å². The van der Waals surface area contributed by atoms with Crippen molar-refractivity contribution in [3.05, 3.63) is 34.1 Å². The average Bonchev–Trinajstić information content (AvgIpc) is 2.44. The highest BCUT2D eigenvalue weighted by Gasteiger charge is 2.19. The lowest BCUT2D eigenvalue weighted by atomic mass is 10.1. The van der Waals surface area contributed by atoms with Crippen LogP contribution in [0.15, 0.2) is 18.2 Å². The molecule has 6 nitrogen and oxygen atoms in total. The van der Waals surface area contributed by atoms with E-state index in [0.29, 0.717) is 13.2 Å². The molecule has 1 aromatic carbocycles. The molecule has 1 fully saturated rings. The standard InChI is InChI=1S/C13H18FN3O3/c14-11-2-1-3-12(13(11)17(18)19)16-8-9-20-10-4-6-15-7-5-10/h1-3,10,15-16H,4-9H2. The summed E-state index contributed by atoms with van der Waals surface area (Å²) in [5.41, 5.74) is -0.335. The molecular formula is C13H18FN3O3. The van der Waals surface area contributed by atoms with Gasteiger partial charge in [-0.05, 0) is 38.1 Å². The van der Waals surface area contributed by atoms with Gasteiger partial charge in [0.1, 0.15) is 5.69 Å². The predicted octanol–water partition coefficient (Wildman–Crippen LogP) is 1.91. The van der Waals surface area contributed by atoms with Gasteiger partial charge in [-0.3, -0.25) is 10.1 Å². The first kappa shape index (κ1) is 14.7. The van der Waals surface area contributed by atoms with Crippen molar-refractivity contribution >= 4 is 11.4 Å². The van der Waals surface area contributed by atoms with E-state index in [1.165, 1.54) is 12.1 Å². The number of ether oxygens (including phenoxy) is 1. The van der Waals surface area contributed by atoms with Crippen molar-refractivity contribution in [1.82, 2.24) is 5.32 Å². The van der Waals surface area contributed by atoms with Gasteiger partial charge in [-0.1, -0.05) is 6.07 Å². The van der Waals surface area contributed by atoms with E-state index in [1.807, 2.05) is 0 Å². The SMILES string of the molecule is O=[N+]([O-])c1c(F)cccc1NCCOC1CCNCC1. The Labute approximate surface area is 116 Å². The van der Waals surface area contributed by atoms with Gasteiger partial charge in [0.25, 0.3) is 0 Å². The van der Waals surface area contributed by atoms with E-state index in [9.17, 15) is 14.5 Å². The fourth-order valence-electron chi connectivity index (χ4n) is 2.22. The van der Waals surface area contributed by atoms with Crippen molar-refractivity contribution in [3.8, 4) is 0 Å². The molecule has 1 aromatic rings. The van der Waals surface area contributed by atoms with Crippen LogP contribution in [0.5, 0.6) is 0 Å². The molecule has 110 valence electrons. The van der Waals surface area contributed by atoms with Crippen molar-refractivity contribution in [1.29, 1.82) is 0 Å². The van der Waals surface area contributed by atoms with Crippen LogP contribution in [0.2, 0.25) is 0 Å². The lowest BCUT2D eigenvalue weighted by molar-refractivity contribution is -0.386. The lowest BCUT2D eigenvalue weighted by Crippen LogP contribution is -2.33. The third-order valence-corrected chi connectivity index (χ3v) is 3.23. The zero-order chi connectivity index (χ0) is 14.4. The molecule has 1 heterocycles. The number of benzene rings is 1. The maximum Gasteiger partial charge on any atom is 0.327 e. The van der Waals surface area contributed by atoms with Crippen LogP contribution in [-0.2, 0) is 4.74 Å². The van der Waals surface area contributed by atoms with Crippen molar-refractivity contribution in [2.75, 3.05) is 31.6 Å². The fraction of sp³-hybridized carbons (Fsp3) is 0.538. The highest BCUT2D eigenvalue weighted by atomic mass is 19.1. The molecule has 1 aliphatic rings. The molecule has 1 saturated heterocycles. The topological polar surface area (TPSA) is 76.4 Å². The van der Waals surface area contributed by atoms with Crippen LogP contribution in [0, 0.1) is 15.9 Å². The monoisotopic (exact) mass is 283 g/mol. The number of halogens is 1. The number of hydrogen-bond donors (Lipinski definition) is 2. The maximum atomic E-state index is 13.4. The molecular weight excluding hydrogens is 265 g/mol. The van der Waals surface area contributed by atoms with E-state index in [4.69, 9.17) is 4.74 Å². The molecule has 0 aromatic heterocycles. The number of nitrogens with zero attached hydrogens (tertiary/aromatic N) is 1. The number of anilines is 1. The largest absolute Gasteiger partial charge is 0.377 e. The molecule has 2 rings (SSSR count). The second kappa shape index (κ2) is 7.16. The molecule has 0 atom stereocenters. The molecule has 0 radical (unpaired) electrons. The Balaban J connectivity index is 1.82. The van der Waals surface area contributed by atoms with Crippen LogP contribution in [0.4, 0.5) is 15.8 Å². The van der Waals surface area contributed by atoms with Gasteiger partial charge in [-0.2, -0.15) is 4.39 Å². The first-order chi connectivity index (χ1) is 9.68. The van der Waals surface area contributed by atoms with Gasteiger partial charge >= 0.3 is 5.69 Å². The number of hydrogen-bond acceptors (Lipinski definition) is 5. The lowest BCUT2D eigenvalue weighted by Gasteiger charge is -2.23. The molecule has 0 unspecified atom stereocenters. The zero-order valence-corrected chi connectivity index (χ0v) is 11.1. The summed E-state index contributed by atoms with van der Waals surface area (Å²) < 4.78 is 19.1. The average molecular weight is 283 g/mol. The van der Waals surface area contributed by atoms with Gasteiger partial charge < -0.3 is 15.4 Å². The van der Waals surface area contributed by atoms with Crippen LogP contribution in [0.25, 0.3) is 0 Å². The summed E-state index contributed by atoms with van der Waals surface area (Å²) in [5.74, 6) is -0.834. The predicted molar refractivity (Wildman–Crippen MR) is 73.4 cm³/mol. The van der Waals surface area contributed by atoms with E-state index in [0.717, 1.165) is 32.0 Å². The Morgan fingerprint density at radius 3 is 2.90 bits per heavy atom. The summed E-state index contributed by atoms with van der Waals surface area (Å²) in [6, 6.07) is 4.01. The summed E-state index contributed by atoms with van der Waals surface area (Å²) in [7, 11) is 0. The van der Waals surface area contributed by atoms with Crippen molar-refractivity contribution < 1.29 is 14.1 Å². The second-order valence-corrected chi connectivity index (χ2v) is 4.64. The summed E-state index contributed by atoms with van der Waals surface area (Å²) >= 11 is 0. The molecule has 0 saturated carbocycles. The Bertz CT molecular complexity index is 464. The Morgan fingerprint density at radius 2 is 2.20 bits per heavy atom. The smallest absolute Gasteiger partial charge is 0.327 e. The quantitative estimate of drug-likeness (QED) is 0.474. The molecule has 20 heavy (non-hydrogen) atoms. The molecule has 7 heteroatoms. The van der Waals surface area contributed by atoms with Gasteiger partial charge in [-0.15, -0.1) is 0 Å². The first-order valence-electron chi connectivity index (χ1n) is 6.67. The van der Waals surface area contributed by atoms with Crippen molar-refractivity contribution in [2.45, 2.75) is 18.9 Å². The van der Waals surface area contributed by atoms with E-state index >= 15 is 0 Å². The first-order valence-corrected chi connectivity index (χ1v) is 6.67. The number of rotatable bonds is 6. The van der Waals surface area contributed by atoms with Crippen LogP contribution >= 0.6 is 0 Å². The third-order valence-electron chi connectivity index (χ3n) is 3.23. The Kier molecular flexibility index (Phi) is 5.25. The number of nitro benzene ring substituents is 1. The number of nitrogens with one attached hydrogen (secondary N) is 2. The molecule has 0 amide bonds. The Hall–Kier alpha value is -1.73.